The monoisotopic (exact) mass is 393 g/mol. The van der Waals surface area contributed by atoms with Crippen LogP contribution in [-0.4, -0.2) is 37.0 Å². The molecular formula is C24H31N3O2. The van der Waals surface area contributed by atoms with Crippen LogP contribution >= 0.6 is 0 Å². The molecule has 1 saturated heterocycles. The fraction of sp³-hybridized carbons (Fsp3) is 0.417. The molecule has 3 rings (SSSR count). The Morgan fingerprint density at radius 1 is 1.17 bits per heavy atom. The van der Waals surface area contributed by atoms with Crippen LogP contribution in [0.3, 0.4) is 0 Å². The Hall–Kier alpha value is -2.82. The van der Waals surface area contributed by atoms with Crippen molar-refractivity contribution in [1.82, 2.24) is 15.5 Å². The van der Waals surface area contributed by atoms with Crippen molar-refractivity contribution in [2.45, 2.75) is 45.1 Å². The largest absolute Gasteiger partial charge is 0.346 e. The molecule has 29 heavy (non-hydrogen) atoms. The molecule has 1 aliphatic heterocycles. The number of urea groups is 1. The minimum absolute atomic E-state index is 0.0356. The van der Waals surface area contributed by atoms with Gasteiger partial charge in [0, 0.05) is 31.6 Å². The molecule has 1 heterocycles. The van der Waals surface area contributed by atoms with Crippen LogP contribution in [-0.2, 0) is 6.42 Å². The first kappa shape index (κ1) is 20.9. The number of aryl methyl sites for hydroxylation is 1. The predicted molar refractivity (Wildman–Crippen MR) is 116 cm³/mol. The molecule has 154 valence electrons. The van der Waals surface area contributed by atoms with Gasteiger partial charge in [0.05, 0.1) is 6.04 Å². The Bertz CT molecular complexity index is 847. The van der Waals surface area contributed by atoms with Crippen LogP contribution in [0, 0.1) is 0 Å². The van der Waals surface area contributed by atoms with Gasteiger partial charge < -0.3 is 15.5 Å². The third-order valence-electron chi connectivity index (χ3n) is 5.78. The van der Waals surface area contributed by atoms with Gasteiger partial charge in [0.1, 0.15) is 0 Å². The van der Waals surface area contributed by atoms with E-state index >= 15 is 0 Å². The lowest BCUT2D eigenvalue weighted by Gasteiger charge is -2.32. The number of carbonyl (C=O) groups is 2. The SMILES string of the molecule is CCc1ccc([C@@H](C)NC(=O)c2cccc([C@H]3CCCN(C(=O)NC)C3)c2)cc1. The molecular weight excluding hydrogens is 362 g/mol. The van der Waals surface area contributed by atoms with Gasteiger partial charge >= 0.3 is 6.03 Å². The van der Waals surface area contributed by atoms with Crippen molar-refractivity contribution in [3.8, 4) is 0 Å². The number of rotatable bonds is 5. The number of benzene rings is 2. The Labute approximate surface area is 173 Å². The van der Waals surface area contributed by atoms with Gasteiger partial charge in [0.2, 0.25) is 0 Å². The number of hydrogen-bond acceptors (Lipinski definition) is 2. The first-order chi connectivity index (χ1) is 14.0. The van der Waals surface area contributed by atoms with Gasteiger partial charge in [-0.1, -0.05) is 43.3 Å². The number of piperidine rings is 1. The van der Waals surface area contributed by atoms with Crippen LogP contribution in [0.25, 0.3) is 0 Å². The van der Waals surface area contributed by atoms with Crippen molar-refractivity contribution in [3.63, 3.8) is 0 Å². The topological polar surface area (TPSA) is 61.4 Å². The van der Waals surface area contributed by atoms with Gasteiger partial charge in [-0.2, -0.15) is 0 Å². The standard InChI is InChI=1S/C24H31N3O2/c1-4-18-10-12-19(13-11-18)17(2)26-23(28)21-8-5-7-20(15-21)22-9-6-14-27(16-22)24(29)25-3/h5,7-8,10-13,15,17,22H,4,6,9,14,16H2,1-3H3,(H,25,29)(H,26,28)/t17-,22+/m1/s1. The molecule has 5 heteroatoms. The summed E-state index contributed by atoms with van der Waals surface area (Å²) in [6.45, 7) is 5.61. The van der Waals surface area contributed by atoms with E-state index < -0.39 is 0 Å². The zero-order valence-corrected chi connectivity index (χ0v) is 17.6. The highest BCUT2D eigenvalue weighted by atomic mass is 16.2. The number of nitrogens with one attached hydrogen (secondary N) is 2. The van der Waals surface area contributed by atoms with Crippen LogP contribution in [0.4, 0.5) is 4.79 Å². The molecule has 2 atom stereocenters. The lowest BCUT2D eigenvalue weighted by molar-refractivity contribution is 0.0939. The first-order valence-corrected chi connectivity index (χ1v) is 10.5. The maximum atomic E-state index is 12.8. The van der Waals surface area contributed by atoms with E-state index in [1.807, 2.05) is 30.0 Å². The summed E-state index contributed by atoms with van der Waals surface area (Å²) < 4.78 is 0. The Kier molecular flexibility index (Phi) is 6.91. The minimum Gasteiger partial charge on any atom is -0.346 e. The van der Waals surface area contributed by atoms with Crippen molar-refractivity contribution >= 4 is 11.9 Å². The molecule has 2 aromatic rings. The highest BCUT2D eigenvalue weighted by Crippen LogP contribution is 2.27. The summed E-state index contributed by atoms with van der Waals surface area (Å²) in [5.74, 6) is 0.186. The lowest BCUT2D eigenvalue weighted by atomic mass is 9.89. The molecule has 0 radical (unpaired) electrons. The minimum atomic E-state index is -0.0714. The second-order valence-electron chi connectivity index (χ2n) is 7.76. The molecule has 1 aliphatic rings. The second-order valence-corrected chi connectivity index (χ2v) is 7.76. The average Bonchev–Trinajstić information content (AvgIpc) is 2.78. The zero-order valence-electron chi connectivity index (χ0n) is 17.6. The van der Waals surface area contributed by atoms with E-state index in [9.17, 15) is 9.59 Å². The molecule has 1 fully saturated rings. The third-order valence-corrected chi connectivity index (χ3v) is 5.78. The average molecular weight is 394 g/mol. The first-order valence-electron chi connectivity index (χ1n) is 10.5. The van der Waals surface area contributed by atoms with Crippen molar-refractivity contribution in [2.75, 3.05) is 20.1 Å². The van der Waals surface area contributed by atoms with E-state index in [0.717, 1.165) is 36.9 Å². The lowest BCUT2D eigenvalue weighted by Crippen LogP contribution is -2.43. The van der Waals surface area contributed by atoms with Gasteiger partial charge in [-0.3, -0.25) is 4.79 Å². The van der Waals surface area contributed by atoms with E-state index in [2.05, 4.69) is 47.9 Å². The Morgan fingerprint density at radius 2 is 1.93 bits per heavy atom. The van der Waals surface area contributed by atoms with E-state index in [1.165, 1.54) is 5.56 Å². The fourth-order valence-electron chi connectivity index (χ4n) is 3.93. The Morgan fingerprint density at radius 3 is 2.62 bits per heavy atom. The van der Waals surface area contributed by atoms with Crippen LogP contribution in [0.15, 0.2) is 48.5 Å². The van der Waals surface area contributed by atoms with E-state index in [4.69, 9.17) is 0 Å². The van der Waals surface area contributed by atoms with Gasteiger partial charge in [-0.05, 0) is 55.0 Å². The fourth-order valence-corrected chi connectivity index (χ4v) is 3.93. The number of hydrogen-bond donors (Lipinski definition) is 2. The number of carbonyl (C=O) groups excluding carboxylic acids is 2. The van der Waals surface area contributed by atoms with Crippen molar-refractivity contribution in [3.05, 3.63) is 70.8 Å². The summed E-state index contributed by atoms with van der Waals surface area (Å²) in [6, 6.07) is 16.1. The molecule has 0 unspecified atom stereocenters. The van der Waals surface area contributed by atoms with E-state index in [-0.39, 0.29) is 23.9 Å². The smallest absolute Gasteiger partial charge is 0.317 e. The summed E-state index contributed by atoms with van der Waals surface area (Å²) in [4.78, 5) is 26.6. The maximum Gasteiger partial charge on any atom is 0.317 e. The molecule has 0 saturated carbocycles. The Balaban J connectivity index is 1.68. The van der Waals surface area contributed by atoms with Crippen LogP contribution < -0.4 is 10.6 Å². The summed E-state index contributed by atoms with van der Waals surface area (Å²) in [5, 5.41) is 5.81. The van der Waals surface area contributed by atoms with E-state index in [0.29, 0.717) is 12.1 Å². The van der Waals surface area contributed by atoms with Gasteiger partial charge in [-0.25, -0.2) is 4.79 Å². The van der Waals surface area contributed by atoms with E-state index in [1.54, 1.807) is 7.05 Å². The molecule has 0 aliphatic carbocycles. The van der Waals surface area contributed by atoms with Crippen molar-refractivity contribution < 1.29 is 9.59 Å². The molecule has 0 aromatic heterocycles. The van der Waals surface area contributed by atoms with Crippen molar-refractivity contribution in [1.29, 1.82) is 0 Å². The highest BCUT2D eigenvalue weighted by molar-refractivity contribution is 5.94. The van der Waals surface area contributed by atoms with Crippen LogP contribution in [0.1, 0.15) is 65.7 Å². The molecule has 0 spiro atoms. The van der Waals surface area contributed by atoms with Gasteiger partial charge in [0.15, 0.2) is 0 Å². The maximum absolute atomic E-state index is 12.8. The molecule has 3 amide bonds. The van der Waals surface area contributed by atoms with Gasteiger partial charge in [-0.15, -0.1) is 0 Å². The quantitative estimate of drug-likeness (QED) is 0.797. The summed E-state index contributed by atoms with van der Waals surface area (Å²) in [6.07, 6.45) is 3.00. The number of likely N-dealkylation sites (tertiary alicyclic amines) is 1. The zero-order chi connectivity index (χ0) is 20.8. The van der Waals surface area contributed by atoms with Gasteiger partial charge in [0.25, 0.3) is 5.91 Å². The summed E-state index contributed by atoms with van der Waals surface area (Å²) in [5.41, 5.74) is 4.17. The van der Waals surface area contributed by atoms with Crippen LogP contribution in [0.5, 0.6) is 0 Å². The molecule has 2 N–H and O–H groups in total. The third kappa shape index (κ3) is 5.17. The van der Waals surface area contributed by atoms with Crippen LogP contribution in [0.2, 0.25) is 0 Å². The second kappa shape index (κ2) is 9.59. The molecule has 2 aromatic carbocycles. The summed E-state index contributed by atoms with van der Waals surface area (Å²) >= 11 is 0. The molecule has 5 nitrogen and oxygen atoms in total. The molecule has 0 bridgehead atoms. The van der Waals surface area contributed by atoms with Crippen molar-refractivity contribution in [2.24, 2.45) is 0 Å². The number of nitrogens with zero attached hydrogens (tertiary/aromatic N) is 1. The predicted octanol–water partition coefficient (Wildman–Crippen LogP) is 4.26. The summed E-state index contributed by atoms with van der Waals surface area (Å²) in [7, 11) is 1.66. The number of amides is 3. The highest BCUT2D eigenvalue weighted by Gasteiger charge is 2.24. The normalized spacial score (nSPS) is 17.5.